The molecule has 0 saturated heterocycles. The first kappa shape index (κ1) is 49.9. The highest BCUT2D eigenvalue weighted by Gasteiger charge is 2.40. The standard InChI is InChI=1S/C52H66F4N2O4/c1-37(2)33-57(34-38(3)4)31-9-29-51(41-11-19-45(53)20-12-41,42-13-21-46(54)22-14-42)61-49(59)27-28-50(60)62-52(43-15-23-47(55)24-16-43,44-17-25-48(56)26-18-44)30-10-32-58(35-39(5)6)36-40(7)8/h11-28,37-40H,9-10,29-36H2,1-8H3/b28-27-. The number of halogens is 4. The molecule has 0 atom stereocenters. The molecule has 0 saturated carbocycles. The maximum atomic E-state index is 14.4. The molecule has 10 heteroatoms. The van der Waals surface area contributed by atoms with E-state index in [0.29, 0.717) is 71.9 Å². The number of ether oxygens (including phenoxy) is 2. The second-order valence-electron chi connectivity index (χ2n) is 18.2. The van der Waals surface area contributed by atoms with Crippen LogP contribution in [0.4, 0.5) is 17.6 Å². The average molecular weight is 859 g/mol. The Labute approximate surface area is 367 Å². The van der Waals surface area contributed by atoms with Gasteiger partial charge in [0.25, 0.3) is 0 Å². The number of benzene rings is 4. The summed E-state index contributed by atoms with van der Waals surface area (Å²) in [6, 6.07) is 22.7. The number of nitrogens with zero attached hydrogens (tertiary/aromatic N) is 2. The Hall–Kier alpha value is -4.80. The van der Waals surface area contributed by atoms with Crippen LogP contribution in [0, 0.1) is 46.9 Å². The Morgan fingerprint density at radius 2 is 0.677 bits per heavy atom. The monoisotopic (exact) mass is 858 g/mol. The summed E-state index contributed by atoms with van der Waals surface area (Å²) < 4.78 is 70.3. The van der Waals surface area contributed by atoms with E-state index in [-0.39, 0.29) is 12.8 Å². The van der Waals surface area contributed by atoms with E-state index in [1.165, 1.54) is 48.5 Å². The summed E-state index contributed by atoms with van der Waals surface area (Å²) >= 11 is 0. The van der Waals surface area contributed by atoms with Gasteiger partial charge in [0.2, 0.25) is 0 Å². The van der Waals surface area contributed by atoms with Crippen LogP contribution in [0.2, 0.25) is 0 Å². The van der Waals surface area contributed by atoms with Crippen molar-refractivity contribution in [1.82, 2.24) is 9.80 Å². The predicted molar refractivity (Wildman–Crippen MR) is 239 cm³/mol. The lowest BCUT2D eigenvalue weighted by Crippen LogP contribution is -2.37. The molecular weight excluding hydrogens is 793 g/mol. The highest BCUT2D eigenvalue weighted by Crippen LogP contribution is 2.41. The fourth-order valence-corrected chi connectivity index (χ4v) is 8.36. The molecule has 0 aliphatic carbocycles. The largest absolute Gasteiger partial charge is 0.446 e. The van der Waals surface area contributed by atoms with Crippen LogP contribution in [-0.4, -0.2) is 61.0 Å². The molecule has 0 amide bonds. The van der Waals surface area contributed by atoms with Crippen molar-refractivity contribution in [3.63, 3.8) is 0 Å². The van der Waals surface area contributed by atoms with Crippen LogP contribution in [0.25, 0.3) is 0 Å². The Kier molecular flexibility index (Phi) is 19.0. The van der Waals surface area contributed by atoms with Gasteiger partial charge in [-0.15, -0.1) is 0 Å². The van der Waals surface area contributed by atoms with Crippen molar-refractivity contribution in [3.8, 4) is 0 Å². The summed E-state index contributed by atoms with van der Waals surface area (Å²) in [5.41, 5.74) is -1.07. The predicted octanol–water partition coefficient (Wildman–Crippen LogP) is 11.9. The van der Waals surface area contributed by atoms with Gasteiger partial charge >= 0.3 is 11.9 Å². The van der Waals surface area contributed by atoms with Crippen LogP contribution < -0.4 is 0 Å². The first-order chi connectivity index (χ1) is 29.4. The maximum absolute atomic E-state index is 14.4. The third kappa shape index (κ3) is 14.9. The van der Waals surface area contributed by atoms with Gasteiger partial charge in [-0.2, -0.15) is 0 Å². The minimum Gasteiger partial charge on any atom is -0.446 e. The molecule has 0 bridgehead atoms. The molecular formula is C52H66F4N2O4. The lowest BCUT2D eigenvalue weighted by molar-refractivity contribution is -0.154. The highest BCUT2D eigenvalue weighted by molar-refractivity contribution is 5.92. The van der Waals surface area contributed by atoms with Gasteiger partial charge in [0, 0.05) is 60.6 Å². The molecule has 0 fully saturated rings. The fourth-order valence-electron chi connectivity index (χ4n) is 8.36. The molecule has 0 heterocycles. The summed E-state index contributed by atoms with van der Waals surface area (Å²) in [6.45, 7) is 22.1. The van der Waals surface area contributed by atoms with Gasteiger partial charge in [-0.25, -0.2) is 27.2 Å². The third-order valence-corrected chi connectivity index (χ3v) is 10.6. The van der Waals surface area contributed by atoms with Gasteiger partial charge in [-0.3, -0.25) is 0 Å². The van der Waals surface area contributed by atoms with Gasteiger partial charge in [0.05, 0.1) is 0 Å². The van der Waals surface area contributed by atoms with Gasteiger partial charge in [0.15, 0.2) is 11.2 Å². The molecule has 4 aromatic rings. The van der Waals surface area contributed by atoms with Crippen LogP contribution in [0.15, 0.2) is 109 Å². The number of rotatable bonds is 24. The summed E-state index contributed by atoms with van der Waals surface area (Å²) in [5.74, 6) is -2.00. The molecule has 0 aromatic heterocycles. The first-order valence-electron chi connectivity index (χ1n) is 22.0. The zero-order valence-electron chi connectivity index (χ0n) is 37.8. The molecule has 6 nitrogen and oxygen atoms in total. The minimum atomic E-state index is -1.49. The SMILES string of the molecule is CC(C)CN(CCCC(OC(=O)/C=C\C(=O)OC(CCCN(CC(C)C)CC(C)C)(c1ccc(F)cc1)c1ccc(F)cc1)(c1ccc(F)cc1)c1ccc(F)cc1)CC(C)C. The molecule has 62 heavy (non-hydrogen) atoms. The molecule has 4 aromatic carbocycles. The molecule has 0 unspecified atom stereocenters. The van der Waals surface area contributed by atoms with Crippen molar-refractivity contribution >= 4 is 11.9 Å². The van der Waals surface area contributed by atoms with Crippen LogP contribution >= 0.6 is 0 Å². The number of esters is 2. The zero-order valence-corrected chi connectivity index (χ0v) is 37.8. The van der Waals surface area contributed by atoms with Gasteiger partial charge in [-0.05, 0) is 111 Å². The van der Waals surface area contributed by atoms with Gasteiger partial charge in [-0.1, -0.05) is 104 Å². The molecule has 0 aliphatic rings. The fraction of sp³-hybridized carbons (Fsp3) is 0.462. The summed E-state index contributed by atoms with van der Waals surface area (Å²) in [5, 5.41) is 0. The highest BCUT2D eigenvalue weighted by atomic mass is 19.1. The Morgan fingerprint density at radius 3 is 0.887 bits per heavy atom. The third-order valence-electron chi connectivity index (χ3n) is 10.6. The van der Waals surface area contributed by atoms with Crippen molar-refractivity contribution < 1.29 is 36.6 Å². The van der Waals surface area contributed by atoms with E-state index in [4.69, 9.17) is 9.47 Å². The van der Waals surface area contributed by atoms with Crippen molar-refractivity contribution in [1.29, 1.82) is 0 Å². The van der Waals surface area contributed by atoms with Crippen molar-refractivity contribution in [2.75, 3.05) is 39.3 Å². The molecule has 0 spiro atoms. The quantitative estimate of drug-likeness (QED) is 0.0397. The van der Waals surface area contributed by atoms with Crippen LogP contribution in [0.3, 0.4) is 0 Å². The topological polar surface area (TPSA) is 59.1 Å². The van der Waals surface area contributed by atoms with E-state index < -0.39 is 46.4 Å². The summed E-state index contributed by atoms with van der Waals surface area (Å²) in [6.07, 6.45) is 3.64. The normalized spacial score (nSPS) is 12.5. The van der Waals surface area contributed by atoms with E-state index in [1.54, 1.807) is 48.5 Å². The van der Waals surface area contributed by atoms with Gasteiger partial charge < -0.3 is 19.3 Å². The van der Waals surface area contributed by atoms with Crippen molar-refractivity contribution in [2.24, 2.45) is 23.7 Å². The van der Waals surface area contributed by atoms with E-state index in [0.717, 1.165) is 38.3 Å². The van der Waals surface area contributed by atoms with E-state index >= 15 is 0 Å². The van der Waals surface area contributed by atoms with Crippen molar-refractivity contribution in [2.45, 2.75) is 92.3 Å². The van der Waals surface area contributed by atoms with E-state index in [2.05, 4.69) is 65.2 Å². The number of carbonyl (C=O) groups is 2. The molecule has 0 aliphatic heterocycles. The number of hydrogen-bond donors (Lipinski definition) is 0. The second kappa shape index (κ2) is 23.6. The van der Waals surface area contributed by atoms with Gasteiger partial charge in [0.1, 0.15) is 23.3 Å². The Balaban J connectivity index is 1.72. The first-order valence-corrected chi connectivity index (χ1v) is 22.0. The summed E-state index contributed by atoms with van der Waals surface area (Å²) in [7, 11) is 0. The van der Waals surface area contributed by atoms with Crippen LogP contribution in [0.5, 0.6) is 0 Å². The average Bonchev–Trinajstić information content (AvgIpc) is 3.19. The maximum Gasteiger partial charge on any atom is 0.332 e. The lowest BCUT2D eigenvalue weighted by atomic mass is 9.82. The molecule has 0 radical (unpaired) electrons. The van der Waals surface area contributed by atoms with E-state index in [9.17, 15) is 27.2 Å². The summed E-state index contributed by atoms with van der Waals surface area (Å²) in [4.78, 5) is 32.9. The minimum absolute atomic E-state index is 0.268. The van der Waals surface area contributed by atoms with E-state index in [1.807, 2.05) is 0 Å². The zero-order chi connectivity index (χ0) is 45.5. The smallest absolute Gasteiger partial charge is 0.332 e. The van der Waals surface area contributed by atoms with Crippen LogP contribution in [-0.2, 0) is 30.3 Å². The second-order valence-corrected chi connectivity index (χ2v) is 18.2. The number of hydrogen-bond acceptors (Lipinski definition) is 6. The number of carbonyl (C=O) groups excluding carboxylic acids is 2. The Bertz CT molecular complexity index is 1740. The van der Waals surface area contributed by atoms with Crippen molar-refractivity contribution in [3.05, 3.63) is 155 Å². The Morgan fingerprint density at radius 1 is 0.452 bits per heavy atom. The molecule has 336 valence electrons. The van der Waals surface area contributed by atoms with Crippen LogP contribution in [0.1, 0.15) is 103 Å². The lowest BCUT2D eigenvalue weighted by Gasteiger charge is -2.36. The molecule has 4 rings (SSSR count). The molecule has 0 N–H and O–H groups in total.